The van der Waals surface area contributed by atoms with Crippen molar-refractivity contribution >= 4 is 21.6 Å². The van der Waals surface area contributed by atoms with Gasteiger partial charge in [0.25, 0.3) is 0 Å². The van der Waals surface area contributed by atoms with Crippen LogP contribution in [-0.4, -0.2) is 38.3 Å². The maximum absolute atomic E-state index is 12.9. The third-order valence-electron chi connectivity index (χ3n) is 5.09. The molecule has 1 fully saturated rings. The lowest BCUT2D eigenvalue weighted by atomic mass is 9.96. The molecule has 1 amide bonds. The highest BCUT2D eigenvalue weighted by Gasteiger charge is 2.31. The van der Waals surface area contributed by atoms with Crippen molar-refractivity contribution in [2.24, 2.45) is 0 Å². The summed E-state index contributed by atoms with van der Waals surface area (Å²) in [6.45, 7) is 2.17. The molecule has 126 valence electrons. The molecular weight excluding hydrogens is 312 g/mol. The van der Waals surface area contributed by atoms with Crippen LogP contribution in [0, 0.1) is 0 Å². The van der Waals surface area contributed by atoms with Crippen LogP contribution in [0.3, 0.4) is 0 Å². The van der Waals surface area contributed by atoms with E-state index in [-0.39, 0.29) is 11.9 Å². The number of hydrogen-bond donors (Lipinski definition) is 0. The first-order chi connectivity index (χ1) is 10.9. The standard InChI is InChI=1S/C17H24N2O3S/c1-13(20)19-11-10-14-12-16(8-9-17(14)19)23(21,22)18(2)15-6-4-3-5-7-15/h8-9,12,15H,3-7,10-11H2,1-2H3. The minimum absolute atomic E-state index is 0.00122. The molecule has 5 nitrogen and oxygen atoms in total. The van der Waals surface area contributed by atoms with Gasteiger partial charge in [0.05, 0.1) is 4.90 Å². The molecule has 1 heterocycles. The molecule has 1 aromatic rings. The summed E-state index contributed by atoms with van der Waals surface area (Å²) in [5.41, 5.74) is 1.79. The molecule has 0 saturated heterocycles. The molecule has 2 aliphatic rings. The topological polar surface area (TPSA) is 57.7 Å². The van der Waals surface area contributed by atoms with Crippen molar-refractivity contribution in [2.75, 3.05) is 18.5 Å². The second-order valence-electron chi connectivity index (χ2n) is 6.52. The summed E-state index contributed by atoms with van der Waals surface area (Å²) in [6.07, 6.45) is 6.00. The fraction of sp³-hybridized carbons (Fsp3) is 0.588. The third kappa shape index (κ3) is 3.02. The van der Waals surface area contributed by atoms with E-state index >= 15 is 0 Å². The van der Waals surface area contributed by atoms with Gasteiger partial charge in [0.1, 0.15) is 0 Å². The van der Waals surface area contributed by atoms with E-state index in [1.165, 1.54) is 13.3 Å². The van der Waals surface area contributed by atoms with Crippen molar-refractivity contribution in [3.63, 3.8) is 0 Å². The molecule has 1 aliphatic carbocycles. The van der Waals surface area contributed by atoms with Crippen molar-refractivity contribution < 1.29 is 13.2 Å². The first kappa shape index (κ1) is 16.5. The molecule has 0 unspecified atom stereocenters. The van der Waals surface area contributed by atoms with E-state index < -0.39 is 10.0 Å². The number of hydrogen-bond acceptors (Lipinski definition) is 3. The fourth-order valence-corrected chi connectivity index (χ4v) is 5.14. The molecule has 1 saturated carbocycles. The summed E-state index contributed by atoms with van der Waals surface area (Å²) in [5, 5.41) is 0. The predicted molar refractivity (Wildman–Crippen MR) is 90.0 cm³/mol. The second-order valence-corrected chi connectivity index (χ2v) is 8.52. The summed E-state index contributed by atoms with van der Waals surface area (Å²) in [7, 11) is -1.77. The lowest BCUT2D eigenvalue weighted by Crippen LogP contribution is -2.38. The molecule has 3 rings (SSSR count). The first-order valence-corrected chi connectivity index (χ1v) is 9.74. The summed E-state index contributed by atoms with van der Waals surface area (Å²) in [6, 6.07) is 5.25. The van der Waals surface area contributed by atoms with E-state index in [0.717, 1.165) is 36.9 Å². The van der Waals surface area contributed by atoms with E-state index in [1.54, 1.807) is 34.5 Å². The van der Waals surface area contributed by atoms with Crippen LogP contribution in [0.25, 0.3) is 0 Å². The molecule has 6 heteroatoms. The molecule has 0 aromatic heterocycles. The molecule has 0 spiro atoms. The molecular formula is C17H24N2O3S. The molecule has 0 atom stereocenters. The number of nitrogens with zero attached hydrogens (tertiary/aromatic N) is 2. The van der Waals surface area contributed by atoms with Crippen LogP contribution >= 0.6 is 0 Å². The Hall–Kier alpha value is -1.40. The Morgan fingerprint density at radius 3 is 2.57 bits per heavy atom. The molecule has 1 aliphatic heterocycles. The summed E-state index contributed by atoms with van der Waals surface area (Å²) >= 11 is 0. The van der Waals surface area contributed by atoms with Gasteiger partial charge in [-0.3, -0.25) is 4.79 Å². The average Bonchev–Trinajstić information content (AvgIpc) is 2.98. The highest BCUT2D eigenvalue weighted by molar-refractivity contribution is 7.89. The maximum Gasteiger partial charge on any atom is 0.243 e. The van der Waals surface area contributed by atoms with E-state index in [0.29, 0.717) is 17.9 Å². The molecule has 0 radical (unpaired) electrons. The number of carbonyl (C=O) groups excluding carboxylic acids is 1. The van der Waals surface area contributed by atoms with Gasteiger partial charge in [0, 0.05) is 32.2 Å². The molecule has 1 aromatic carbocycles. The second kappa shape index (κ2) is 6.24. The van der Waals surface area contributed by atoms with Crippen molar-refractivity contribution in [3.8, 4) is 0 Å². The molecule has 0 bridgehead atoms. The van der Waals surface area contributed by atoms with E-state index in [1.807, 2.05) is 0 Å². The zero-order valence-corrected chi connectivity index (χ0v) is 14.6. The van der Waals surface area contributed by atoms with Gasteiger partial charge in [-0.25, -0.2) is 8.42 Å². The van der Waals surface area contributed by atoms with Crippen molar-refractivity contribution in [1.82, 2.24) is 4.31 Å². The molecule has 0 N–H and O–H groups in total. The van der Waals surface area contributed by atoms with Crippen LogP contribution in [0.2, 0.25) is 0 Å². The van der Waals surface area contributed by atoms with Crippen LogP contribution in [0.4, 0.5) is 5.69 Å². The van der Waals surface area contributed by atoms with E-state index in [2.05, 4.69) is 0 Å². The summed E-state index contributed by atoms with van der Waals surface area (Å²) < 4.78 is 27.3. The lowest BCUT2D eigenvalue weighted by molar-refractivity contribution is -0.116. The van der Waals surface area contributed by atoms with Gasteiger partial charge < -0.3 is 4.90 Å². The number of sulfonamides is 1. The van der Waals surface area contributed by atoms with Gasteiger partial charge in [-0.2, -0.15) is 4.31 Å². The SMILES string of the molecule is CC(=O)N1CCc2cc(S(=O)(=O)N(C)C3CCCCC3)ccc21. The van der Waals surface area contributed by atoms with Gasteiger partial charge in [-0.15, -0.1) is 0 Å². The van der Waals surface area contributed by atoms with Crippen LogP contribution in [0.1, 0.15) is 44.6 Å². The van der Waals surface area contributed by atoms with Crippen LogP contribution in [0.5, 0.6) is 0 Å². The fourth-order valence-electron chi connectivity index (χ4n) is 3.67. The Morgan fingerprint density at radius 2 is 1.91 bits per heavy atom. The Labute approximate surface area is 138 Å². The van der Waals surface area contributed by atoms with Crippen LogP contribution in [-0.2, 0) is 21.2 Å². The summed E-state index contributed by atoms with van der Waals surface area (Å²) in [4.78, 5) is 13.7. The summed E-state index contributed by atoms with van der Waals surface area (Å²) in [5.74, 6) is -0.00122. The monoisotopic (exact) mass is 336 g/mol. The largest absolute Gasteiger partial charge is 0.312 e. The average molecular weight is 336 g/mol. The smallest absolute Gasteiger partial charge is 0.243 e. The van der Waals surface area contributed by atoms with Gasteiger partial charge in [0.2, 0.25) is 15.9 Å². The number of anilines is 1. The van der Waals surface area contributed by atoms with Crippen LogP contribution in [0.15, 0.2) is 23.1 Å². The number of amides is 1. The highest BCUT2D eigenvalue weighted by Crippen LogP contribution is 2.32. The van der Waals surface area contributed by atoms with Gasteiger partial charge in [-0.05, 0) is 43.0 Å². The number of rotatable bonds is 3. The lowest BCUT2D eigenvalue weighted by Gasteiger charge is -2.30. The van der Waals surface area contributed by atoms with Crippen molar-refractivity contribution in [2.45, 2.75) is 56.4 Å². The Morgan fingerprint density at radius 1 is 1.22 bits per heavy atom. The van der Waals surface area contributed by atoms with E-state index in [4.69, 9.17) is 0 Å². The number of carbonyl (C=O) groups is 1. The Kier molecular flexibility index (Phi) is 4.47. The first-order valence-electron chi connectivity index (χ1n) is 8.30. The maximum atomic E-state index is 12.9. The molecule has 23 heavy (non-hydrogen) atoms. The number of benzene rings is 1. The van der Waals surface area contributed by atoms with Crippen molar-refractivity contribution in [3.05, 3.63) is 23.8 Å². The minimum atomic E-state index is -3.47. The minimum Gasteiger partial charge on any atom is -0.312 e. The Bertz CT molecular complexity index is 709. The van der Waals surface area contributed by atoms with Gasteiger partial charge >= 0.3 is 0 Å². The van der Waals surface area contributed by atoms with Crippen LogP contribution < -0.4 is 4.90 Å². The highest BCUT2D eigenvalue weighted by atomic mass is 32.2. The van der Waals surface area contributed by atoms with Gasteiger partial charge in [0.15, 0.2) is 0 Å². The van der Waals surface area contributed by atoms with Gasteiger partial charge in [-0.1, -0.05) is 19.3 Å². The number of fused-ring (bicyclic) bond motifs is 1. The van der Waals surface area contributed by atoms with E-state index in [9.17, 15) is 13.2 Å². The predicted octanol–water partition coefficient (Wildman–Crippen LogP) is 2.55. The van der Waals surface area contributed by atoms with Crippen molar-refractivity contribution in [1.29, 1.82) is 0 Å². The zero-order valence-electron chi connectivity index (χ0n) is 13.8. The Balaban J connectivity index is 1.88. The third-order valence-corrected chi connectivity index (χ3v) is 7.00. The normalized spacial score (nSPS) is 19.2. The zero-order chi connectivity index (χ0) is 16.6. The quantitative estimate of drug-likeness (QED) is 0.852.